The number of aromatic nitrogens is 2. The third-order valence-electron chi connectivity index (χ3n) is 4.52. The van der Waals surface area contributed by atoms with Crippen LogP contribution in [0, 0.1) is 0 Å². The largest absolute Gasteiger partial charge is 0.472 e. The van der Waals surface area contributed by atoms with Gasteiger partial charge in [0.25, 0.3) is 5.91 Å². The zero-order valence-corrected chi connectivity index (χ0v) is 12.9. The summed E-state index contributed by atoms with van der Waals surface area (Å²) < 4.78 is 4.99. The van der Waals surface area contributed by atoms with Crippen LogP contribution < -0.4 is 5.32 Å². The van der Waals surface area contributed by atoms with Gasteiger partial charge in [0.05, 0.1) is 11.8 Å². The van der Waals surface area contributed by atoms with Gasteiger partial charge in [0, 0.05) is 31.2 Å². The lowest BCUT2D eigenvalue weighted by molar-refractivity contribution is 0.0717. The van der Waals surface area contributed by atoms with Crippen molar-refractivity contribution < 1.29 is 9.21 Å². The Morgan fingerprint density at radius 3 is 2.74 bits per heavy atom. The van der Waals surface area contributed by atoms with Crippen LogP contribution in [0.5, 0.6) is 0 Å². The molecule has 3 heterocycles. The average molecular weight is 312 g/mol. The first-order valence-corrected chi connectivity index (χ1v) is 8.20. The lowest BCUT2D eigenvalue weighted by Crippen LogP contribution is -2.42. The molecule has 1 saturated heterocycles. The van der Waals surface area contributed by atoms with Gasteiger partial charge in [-0.15, -0.1) is 0 Å². The monoisotopic (exact) mass is 312 g/mol. The SMILES string of the molecule is O=C(c1ccoc1)N1CCC(Nc2ccnc(C3CC3)n2)CC1. The summed E-state index contributed by atoms with van der Waals surface area (Å²) in [6.07, 6.45) is 9.14. The van der Waals surface area contributed by atoms with E-state index in [9.17, 15) is 4.79 Å². The van der Waals surface area contributed by atoms with E-state index in [0.717, 1.165) is 37.6 Å². The molecule has 2 aromatic rings. The highest BCUT2D eigenvalue weighted by molar-refractivity contribution is 5.93. The summed E-state index contributed by atoms with van der Waals surface area (Å²) in [5.41, 5.74) is 0.626. The molecule has 1 aliphatic carbocycles. The molecule has 1 saturated carbocycles. The quantitative estimate of drug-likeness (QED) is 0.940. The molecule has 0 atom stereocenters. The Kier molecular flexibility index (Phi) is 3.73. The summed E-state index contributed by atoms with van der Waals surface area (Å²) in [5, 5.41) is 3.49. The second-order valence-electron chi connectivity index (χ2n) is 6.30. The van der Waals surface area contributed by atoms with E-state index in [1.165, 1.54) is 25.4 Å². The number of amides is 1. The number of hydrogen-bond acceptors (Lipinski definition) is 5. The number of nitrogens with one attached hydrogen (secondary N) is 1. The summed E-state index contributed by atoms with van der Waals surface area (Å²) in [5.74, 6) is 2.48. The van der Waals surface area contributed by atoms with Gasteiger partial charge in [-0.05, 0) is 37.8 Å². The third kappa shape index (κ3) is 3.21. The first kappa shape index (κ1) is 14.2. The molecule has 2 fully saturated rings. The Balaban J connectivity index is 1.33. The van der Waals surface area contributed by atoms with Gasteiger partial charge in [0.15, 0.2) is 0 Å². The van der Waals surface area contributed by atoms with Crippen LogP contribution in [0.1, 0.15) is 47.8 Å². The fourth-order valence-corrected chi connectivity index (χ4v) is 3.00. The molecule has 0 radical (unpaired) electrons. The number of carbonyl (C=O) groups excluding carboxylic acids is 1. The van der Waals surface area contributed by atoms with E-state index >= 15 is 0 Å². The van der Waals surface area contributed by atoms with E-state index in [0.29, 0.717) is 17.5 Å². The lowest BCUT2D eigenvalue weighted by Gasteiger charge is -2.32. The minimum Gasteiger partial charge on any atom is -0.472 e. The summed E-state index contributed by atoms with van der Waals surface area (Å²) in [6, 6.07) is 3.99. The highest BCUT2D eigenvalue weighted by atomic mass is 16.3. The Morgan fingerprint density at radius 2 is 2.04 bits per heavy atom. The fraction of sp³-hybridized carbons (Fsp3) is 0.471. The van der Waals surface area contributed by atoms with Gasteiger partial charge >= 0.3 is 0 Å². The van der Waals surface area contributed by atoms with E-state index in [1.54, 1.807) is 6.07 Å². The van der Waals surface area contributed by atoms with Crippen molar-refractivity contribution >= 4 is 11.7 Å². The second-order valence-corrected chi connectivity index (χ2v) is 6.30. The first-order valence-electron chi connectivity index (χ1n) is 8.20. The Labute approximate surface area is 134 Å². The standard InChI is InChI=1S/C17H20N4O2/c22-17(13-6-10-23-11-13)21-8-4-14(5-9-21)19-15-3-7-18-16(20-15)12-1-2-12/h3,6-7,10-12,14H,1-2,4-5,8-9H2,(H,18,19,20). The number of furan rings is 1. The van der Waals surface area contributed by atoms with Gasteiger partial charge in [-0.25, -0.2) is 9.97 Å². The summed E-state index contributed by atoms with van der Waals surface area (Å²) in [4.78, 5) is 23.1. The van der Waals surface area contributed by atoms with Crippen molar-refractivity contribution in [2.75, 3.05) is 18.4 Å². The maximum absolute atomic E-state index is 12.3. The molecule has 2 aliphatic rings. The molecule has 2 aromatic heterocycles. The van der Waals surface area contributed by atoms with Crippen LogP contribution in [0.15, 0.2) is 35.3 Å². The second kappa shape index (κ2) is 6.02. The zero-order chi connectivity index (χ0) is 15.6. The van der Waals surface area contributed by atoms with Crippen LogP contribution in [0.4, 0.5) is 5.82 Å². The van der Waals surface area contributed by atoms with Gasteiger partial charge in [0.1, 0.15) is 17.9 Å². The molecule has 0 aromatic carbocycles. The highest BCUT2D eigenvalue weighted by Crippen LogP contribution is 2.38. The zero-order valence-electron chi connectivity index (χ0n) is 12.9. The van der Waals surface area contributed by atoms with Crippen LogP contribution in [0.25, 0.3) is 0 Å². The smallest absolute Gasteiger partial charge is 0.257 e. The molecule has 6 heteroatoms. The number of piperidine rings is 1. The molecular formula is C17H20N4O2. The van der Waals surface area contributed by atoms with Crippen molar-refractivity contribution in [3.8, 4) is 0 Å². The van der Waals surface area contributed by atoms with Crippen LogP contribution in [-0.2, 0) is 0 Å². The topological polar surface area (TPSA) is 71.3 Å². The molecule has 6 nitrogen and oxygen atoms in total. The predicted molar refractivity (Wildman–Crippen MR) is 85.3 cm³/mol. The lowest BCUT2D eigenvalue weighted by atomic mass is 10.0. The average Bonchev–Trinajstić information content (AvgIpc) is 3.30. The Bertz CT molecular complexity index is 674. The van der Waals surface area contributed by atoms with Crippen LogP contribution in [0.2, 0.25) is 0 Å². The molecule has 23 heavy (non-hydrogen) atoms. The van der Waals surface area contributed by atoms with Crippen molar-refractivity contribution in [1.82, 2.24) is 14.9 Å². The van der Waals surface area contributed by atoms with E-state index in [-0.39, 0.29) is 5.91 Å². The van der Waals surface area contributed by atoms with E-state index in [4.69, 9.17) is 4.42 Å². The van der Waals surface area contributed by atoms with Gasteiger partial charge in [-0.3, -0.25) is 4.79 Å². The number of carbonyl (C=O) groups is 1. The van der Waals surface area contributed by atoms with Crippen LogP contribution in [-0.4, -0.2) is 39.9 Å². The first-order chi connectivity index (χ1) is 11.3. The van der Waals surface area contributed by atoms with Gasteiger partial charge < -0.3 is 14.6 Å². The number of anilines is 1. The maximum atomic E-state index is 12.3. The number of hydrogen-bond donors (Lipinski definition) is 1. The van der Waals surface area contributed by atoms with Crippen molar-refractivity contribution in [1.29, 1.82) is 0 Å². The molecule has 4 rings (SSSR count). The highest BCUT2D eigenvalue weighted by Gasteiger charge is 2.27. The summed E-state index contributed by atoms with van der Waals surface area (Å²) in [7, 11) is 0. The molecule has 1 N–H and O–H groups in total. The molecular weight excluding hydrogens is 292 g/mol. The van der Waals surface area contributed by atoms with E-state index in [2.05, 4.69) is 15.3 Å². The fourth-order valence-electron chi connectivity index (χ4n) is 3.00. The Hall–Kier alpha value is -2.37. The minimum absolute atomic E-state index is 0.0512. The van der Waals surface area contributed by atoms with Gasteiger partial charge in [-0.2, -0.15) is 0 Å². The summed E-state index contributed by atoms with van der Waals surface area (Å²) in [6.45, 7) is 1.50. The van der Waals surface area contributed by atoms with Crippen molar-refractivity contribution in [3.05, 3.63) is 42.2 Å². The van der Waals surface area contributed by atoms with Crippen LogP contribution in [0.3, 0.4) is 0 Å². The third-order valence-corrected chi connectivity index (χ3v) is 4.52. The molecule has 0 unspecified atom stereocenters. The van der Waals surface area contributed by atoms with E-state index < -0.39 is 0 Å². The van der Waals surface area contributed by atoms with Crippen molar-refractivity contribution in [2.24, 2.45) is 0 Å². The van der Waals surface area contributed by atoms with Crippen molar-refractivity contribution in [2.45, 2.75) is 37.6 Å². The summed E-state index contributed by atoms with van der Waals surface area (Å²) >= 11 is 0. The van der Waals surface area contributed by atoms with E-state index in [1.807, 2.05) is 17.2 Å². The molecule has 1 aliphatic heterocycles. The molecule has 120 valence electrons. The number of nitrogens with zero attached hydrogens (tertiary/aromatic N) is 3. The maximum Gasteiger partial charge on any atom is 0.257 e. The van der Waals surface area contributed by atoms with Crippen LogP contribution >= 0.6 is 0 Å². The Morgan fingerprint density at radius 1 is 1.22 bits per heavy atom. The number of rotatable bonds is 4. The number of likely N-dealkylation sites (tertiary alicyclic amines) is 1. The van der Waals surface area contributed by atoms with Gasteiger partial charge in [0.2, 0.25) is 0 Å². The normalized spacial score (nSPS) is 18.9. The molecule has 0 bridgehead atoms. The molecule has 0 spiro atoms. The minimum atomic E-state index is 0.0512. The predicted octanol–water partition coefficient (Wildman–Crippen LogP) is 2.66. The van der Waals surface area contributed by atoms with Crippen molar-refractivity contribution in [3.63, 3.8) is 0 Å². The molecule has 1 amide bonds. The van der Waals surface area contributed by atoms with Gasteiger partial charge in [-0.1, -0.05) is 0 Å².